The fourth-order valence-electron chi connectivity index (χ4n) is 2.87. The summed E-state index contributed by atoms with van der Waals surface area (Å²) in [5.74, 6) is 0.665. The molecular weight excluding hydrogens is 282 g/mol. The molecule has 22 heavy (non-hydrogen) atoms. The largest absolute Gasteiger partial charge is 0.337 e. The van der Waals surface area contributed by atoms with Gasteiger partial charge >= 0.3 is 0 Å². The molecule has 2 aromatic heterocycles. The molecule has 2 aromatic rings. The Kier molecular flexibility index (Phi) is 3.79. The molecule has 1 aliphatic rings. The number of piperidine rings is 1. The molecule has 7 nitrogen and oxygen atoms in total. The summed E-state index contributed by atoms with van der Waals surface area (Å²) in [6, 6.07) is 3.20. The highest BCUT2D eigenvalue weighted by Gasteiger charge is 2.27. The smallest absolute Gasteiger partial charge is 0.274 e. The second-order valence-electron chi connectivity index (χ2n) is 5.74. The van der Waals surface area contributed by atoms with Crippen LogP contribution in [0.2, 0.25) is 0 Å². The van der Waals surface area contributed by atoms with Crippen LogP contribution in [0.15, 0.2) is 23.1 Å². The minimum Gasteiger partial charge on any atom is -0.337 e. The van der Waals surface area contributed by atoms with E-state index >= 15 is 0 Å². The van der Waals surface area contributed by atoms with E-state index in [9.17, 15) is 9.59 Å². The third-order valence-electron chi connectivity index (χ3n) is 3.92. The molecule has 1 amide bonds. The van der Waals surface area contributed by atoms with Gasteiger partial charge < -0.3 is 9.88 Å². The Morgan fingerprint density at radius 2 is 2.27 bits per heavy atom. The Hall–Kier alpha value is -2.44. The summed E-state index contributed by atoms with van der Waals surface area (Å²) in [7, 11) is 1.79. The average molecular weight is 301 g/mol. The summed E-state index contributed by atoms with van der Waals surface area (Å²) in [5.41, 5.74) is 1.01. The van der Waals surface area contributed by atoms with E-state index in [1.807, 2.05) is 0 Å². The summed E-state index contributed by atoms with van der Waals surface area (Å²) in [5, 5.41) is 4.16. The van der Waals surface area contributed by atoms with Gasteiger partial charge in [0.05, 0.1) is 0 Å². The number of amides is 1. The number of hydrogen-bond acceptors (Lipinski definition) is 4. The Morgan fingerprint density at radius 1 is 1.45 bits per heavy atom. The van der Waals surface area contributed by atoms with Crippen LogP contribution < -0.4 is 5.56 Å². The molecule has 1 aliphatic heterocycles. The van der Waals surface area contributed by atoms with Gasteiger partial charge in [0.15, 0.2) is 0 Å². The molecule has 1 saturated heterocycles. The normalized spacial score (nSPS) is 18.5. The predicted molar refractivity (Wildman–Crippen MR) is 80.7 cm³/mol. The third kappa shape index (κ3) is 2.93. The van der Waals surface area contributed by atoms with Gasteiger partial charge in [-0.05, 0) is 25.8 Å². The lowest BCUT2D eigenvalue weighted by Crippen LogP contribution is -2.40. The van der Waals surface area contributed by atoms with E-state index in [-0.39, 0.29) is 17.4 Å². The quantitative estimate of drug-likeness (QED) is 0.890. The first-order valence-electron chi connectivity index (χ1n) is 7.40. The van der Waals surface area contributed by atoms with E-state index in [1.165, 1.54) is 6.07 Å². The van der Waals surface area contributed by atoms with Crippen molar-refractivity contribution in [1.29, 1.82) is 0 Å². The van der Waals surface area contributed by atoms with Crippen LogP contribution in [0.25, 0.3) is 0 Å². The highest BCUT2D eigenvalue weighted by molar-refractivity contribution is 5.92. The lowest BCUT2D eigenvalue weighted by Gasteiger charge is -2.31. The van der Waals surface area contributed by atoms with Crippen molar-refractivity contribution in [3.05, 3.63) is 45.9 Å². The average Bonchev–Trinajstić information content (AvgIpc) is 2.92. The molecule has 0 aromatic carbocycles. The van der Waals surface area contributed by atoms with E-state index in [0.717, 1.165) is 12.8 Å². The lowest BCUT2D eigenvalue weighted by atomic mass is 9.97. The molecule has 0 spiro atoms. The number of carbonyl (C=O) groups is 1. The number of likely N-dealkylation sites (tertiary alicyclic amines) is 1. The number of hydrogen-bond donors (Lipinski definition) is 1. The van der Waals surface area contributed by atoms with Crippen LogP contribution in [0, 0.1) is 6.92 Å². The first-order chi connectivity index (χ1) is 10.5. The topological polar surface area (TPSA) is 83.9 Å². The number of H-pyrrole nitrogens is 1. The Labute approximate surface area is 128 Å². The highest BCUT2D eigenvalue weighted by atomic mass is 16.2. The van der Waals surface area contributed by atoms with Gasteiger partial charge in [-0.2, -0.15) is 5.10 Å². The van der Waals surface area contributed by atoms with E-state index in [4.69, 9.17) is 0 Å². The predicted octanol–water partition coefficient (Wildman–Crippen LogP) is 0.832. The van der Waals surface area contributed by atoms with Gasteiger partial charge in [0, 0.05) is 44.0 Å². The van der Waals surface area contributed by atoms with Crippen LogP contribution in [0.4, 0.5) is 0 Å². The molecule has 0 bridgehead atoms. The second kappa shape index (κ2) is 5.75. The fraction of sp³-hybridized carbons (Fsp3) is 0.467. The van der Waals surface area contributed by atoms with Gasteiger partial charge in [0.2, 0.25) is 0 Å². The van der Waals surface area contributed by atoms with Crippen molar-refractivity contribution in [2.45, 2.75) is 25.7 Å². The summed E-state index contributed by atoms with van der Waals surface area (Å²) < 4.78 is 1.62. The number of carbonyl (C=O) groups excluding carboxylic acids is 1. The van der Waals surface area contributed by atoms with Crippen molar-refractivity contribution in [2.75, 3.05) is 13.1 Å². The van der Waals surface area contributed by atoms with Gasteiger partial charge in [-0.15, -0.1) is 0 Å². The molecule has 3 heterocycles. The minimum absolute atomic E-state index is 0.0639. The summed E-state index contributed by atoms with van der Waals surface area (Å²) in [6.07, 6.45) is 3.56. The van der Waals surface area contributed by atoms with Crippen LogP contribution in [0.1, 0.15) is 40.8 Å². The van der Waals surface area contributed by atoms with E-state index in [0.29, 0.717) is 30.3 Å². The van der Waals surface area contributed by atoms with Crippen molar-refractivity contribution in [2.24, 2.45) is 7.05 Å². The summed E-state index contributed by atoms with van der Waals surface area (Å²) in [4.78, 5) is 33.1. The van der Waals surface area contributed by atoms with E-state index in [2.05, 4.69) is 15.1 Å². The molecule has 7 heteroatoms. The first-order valence-corrected chi connectivity index (χ1v) is 7.40. The molecule has 0 aliphatic carbocycles. The lowest BCUT2D eigenvalue weighted by molar-refractivity contribution is 0.0697. The molecule has 1 N–H and O–H groups in total. The Morgan fingerprint density at radius 3 is 2.95 bits per heavy atom. The Bertz CT molecular complexity index is 748. The molecule has 0 unspecified atom stereocenters. The van der Waals surface area contributed by atoms with Gasteiger partial charge in [-0.25, -0.2) is 4.98 Å². The van der Waals surface area contributed by atoms with E-state index in [1.54, 1.807) is 35.8 Å². The number of aromatic amines is 1. The van der Waals surface area contributed by atoms with Crippen LogP contribution in [-0.4, -0.2) is 43.6 Å². The van der Waals surface area contributed by atoms with E-state index < -0.39 is 0 Å². The van der Waals surface area contributed by atoms with Gasteiger partial charge in [0.25, 0.3) is 11.5 Å². The molecule has 0 saturated carbocycles. The molecule has 3 rings (SSSR count). The van der Waals surface area contributed by atoms with Crippen LogP contribution >= 0.6 is 0 Å². The van der Waals surface area contributed by atoms with Crippen LogP contribution in [0.5, 0.6) is 0 Å². The molecule has 116 valence electrons. The van der Waals surface area contributed by atoms with Crippen molar-refractivity contribution >= 4 is 5.91 Å². The number of nitrogens with zero attached hydrogens (tertiary/aromatic N) is 4. The van der Waals surface area contributed by atoms with Crippen molar-refractivity contribution < 1.29 is 4.79 Å². The van der Waals surface area contributed by atoms with Gasteiger partial charge in [0.1, 0.15) is 11.5 Å². The minimum atomic E-state index is -0.143. The zero-order valence-electron chi connectivity index (χ0n) is 12.7. The summed E-state index contributed by atoms with van der Waals surface area (Å²) in [6.45, 7) is 3.07. The Balaban J connectivity index is 1.79. The third-order valence-corrected chi connectivity index (χ3v) is 3.92. The molecule has 1 atom stereocenters. The number of aromatic nitrogens is 4. The van der Waals surface area contributed by atoms with Gasteiger partial charge in [-0.3, -0.25) is 14.3 Å². The second-order valence-corrected chi connectivity index (χ2v) is 5.74. The SMILES string of the molecule is Cc1cc(=O)[nH]c([C@H]2CCCN(C(=O)c3ccn(C)n3)C2)n1. The van der Waals surface area contributed by atoms with Crippen molar-refractivity contribution in [1.82, 2.24) is 24.6 Å². The monoisotopic (exact) mass is 301 g/mol. The molecular formula is C15H19N5O2. The number of nitrogens with one attached hydrogen (secondary N) is 1. The zero-order valence-corrected chi connectivity index (χ0v) is 12.7. The fourth-order valence-corrected chi connectivity index (χ4v) is 2.87. The maximum atomic E-state index is 12.5. The van der Waals surface area contributed by atoms with Gasteiger partial charge in [-0.1, -0.05) is 0 Å². The van der Waals surface area contributed by atoms with Crippen LogP contribution in [0.3, 0.4) is 0 Å². The highest BCUT2D eigenvalue weighted by Crippen LogP contribution is 2.24. The summed E-state index contributed by atoms with van der Waals surface area (Å²) >= 11 is 0. The maximum absolute atomic E-state index is 12.5. The molecule has 1 fully saturated rings. The number of rotatable bonds is 2. The first kappa shape index (κ1) is 14.5. The number of aryl methyl sites for hydroxylation is 2. The van der Waals surface area contributed by atoms with Crippen molar-refractivity contribution in [3.63, 3.8) is 0 Å². The maximum Gasteiger partial charge on any atom is 0.274 e. The molecule has 0 radical (unpaired) electrons. The standard InChI is InChI=1S/C15H19N5O2/c1-10-8-13(21)17-14(16-10)11-4-3-6-20(9-11)15(22)12-5-7-19(2)18-12/h5,7-8,11H,3-4,6,9H2,1-2H3,(H,16,17,21)/t11-/m0/s1. The van der Waals surface area contributed by atoms with Crippen molar-refractivity contribution in [3.8, 4) is 0 Å². The zero-order chi connectivity index (χ0) is 15.7. The van der Waals surface area contributed by atoms with Crippen LogP contribution in [-0.2, 0) is 7.05 Å².